The molecule has 0 saturated heterocycles. The van der Waals surface area contributed by atoms with Crippen molar-refractivity contribution in [1.82, 2.24) is 10.2 Å². The van der Waals surface area contributed by atoms with Crippen LogP contribution in [0.3, 0.4) is 0 Å². The Balaban J connectivity index is 1.71. The maximum absolute atomic E-state index is 12.1. The van der Waals surface area contributed by atoms with Gasteiger partial charge < -0.3 is 23.4 Å². The van der Waals surface area contributed by atoms with Gasteiger partial charge >= 0.3 is 5.97 Å². The molecule has 1 aromatic heterocycles. The van der Waals surface area contributed by atoms with Gasteiger partial charge in [0.2, 0.25) is 11.6 Å². The number of benzene rings is 1. The molecule has 1 saturated carbocycles. The summed E-state index contributed by atoms with van der Waals surface area (Å²) < 4.78 is 26.9. The minimum absolute atomic E-state index is 0.0174. The summed E-state index contributed by atoms with van der Waals surface area (Å²) in [6, 6.07) is 3.43. The summed E-state index contributed by atoms with van der Waals surface area (Å²) in [6.45, 7) is -0.0350. The van der Waals surface area contributed by atoms with Gasteiger partial charge in [-0.25, -0.2) is 0 Å². The Hall–Kier alpha value is -2.77. The lowest BCUT2D eigenvalue weighted by Gasteiger charge is -2.19. The van der Waals surface area contributed by atoms with E-state index in [1.165, 1.54) is 27.8 Å². The van der Waals surface area contributed by atoms with Crippen molar-refractivity contribution in [2.45, 2.75) is 38.7 Å². The summed E-state index contributed by atoms with van der Waals surface area (Å²) in [5.41, 5.74) is 0.613. The van der Waals surface area contributed by atoms with Crippen LogP contribution in [0.25, 0.3) is 11.5 Å². The van der Waals surface area contributed by atoms with Crippen LogP contribution in [-0.2, 0) is 16.1 Å². The number of methoxy groups -OCH3 is 3. The van der Waals surface area contributed by atoms with E-state index < -0.39 is 0 Å². The van der Waals surface area contributed by atoms with E-state index in [2.05, 4.69) is 10.2 Å². The Morgan fingerprint density at radius 2 is 1.70 bits per heavy atom. The molecule has 1 aliphatic rings. The molecule has 27 heavy (non-hydrogen) atoms. The van der Waals surface area contributed by atoms with Gasteiger partial charge in [0.15, 0.2) is 18.1 Å². The number of carbonyl (C=O) groups excluding carboxylic acids is 1. The van der Waals surface area contributed by atoms with Crippen LogP contribution < -0.4 is 14.2 Å². The molecule has 0 radical (unpaired) electrons. The molecule has 0 amide bonds. The van der Waals surface area contributed by atoms with Crippen molar-refractivity contribution in [1.29, 1.82) is 0 Å². The molecule has 1 aromatic carbocycles. The van der Waals surface area contributed by atoms with Crippen molar-refractivity contribution in [3.05, 3.63) is 18.0 Å². The van der Waals surface area contributed by atoms with Crippen molar-refractivity contribution in [2.75, 3.05) is 21.3 Å². The van der Waals surface area contributed by atoms with Gasteiger partial charge in [0.1, 0.15) is 0 Å². The normalized spacial score (nSPS) is 14.6. The van der Waals surface area contributed by atoms with Crippen LogP contribution in [-0.4, -0.2) is 37.5 Å². The van der Waals surface area contributed by atoms with Gasteiger partial charge in [0.25, 0.3) is 5.89 Å². The van der Waals surface area contributed by atoms with Crippen LogP contribution in [0, 0.1) is 5.92 Å². The molecule has 0 bridgehead atoms. The van der Waals surface area contributed by atoms with E-state index in [1.807, 2.05) is 0 Å². The Kier molecular flexibility index (Phi) is 6.16. The first kappa shape index (κ1) is 19.0. The van der Waals surface area contributed by atoms with E-state index in [0.29, 0.717) is 22.8 Å². The van der Waals surface area contributed by atoms with Gasteiger partial charge in [-0.15, -0.1) is 10.2 Å². The van der Waals surface area contributed by atoms with E-state index in [9.17, 15) is 4.79 Å². The quantitative estimate of drug-likeness (QED) is 0.679. The molecule has 0 atom stereocenters. The number of esters is 1. The molecule has 1 aliphatic carbocycles. The van der Waals surface area contributed by atoms with Crippen LogP contribution in [0.15, 0.2) is 16.5 Å². The Morgan fingerprint density at radius 1 is 1.04 bits per heavy atom. The van der Waals surface area contributed by atoms with Gasteiger partial charge in [-0.3, -0.25) is 4.79 Å². The van der Waals surface area contributed by atoms with Gasteiger partial charge in [-0.05, 0) is 25.0 Å². The highest BCUT2D eigenvalue weighted by molar-refractivity contribution is 5.72. The van der Waals surface area contributed by atoms with Crippen molar-refractivity contribution in [3.8, 4) is 28.7 Å². The summed E-state index contributed by atoms with van der Waals surface area (Å²) in [4.78, 5) is 12.1. The van der Waals surface area contributed by atoms with Crippen LogP contribution in [0.5, 0.6) is 17.2 Å². The maximum Gasteiger partial charge on any atom is 0.309 e. The molecule has 2 aromatic rings. The third kappa shape index (κ3) is 4.32. The molecule has 0 spiro atoms. The second-order valence-electron chi connectivity index (χ2n) is 6.36. The molecule has 0 aliphatic heterocycles. The minimum Gasteiger partial charge on any atom is -0.493 e. The summed E-state index contributed by atoms with van der Waals surface area (Å²) in [7, 11) is 4.60. The fourth-order valence-electron chi connectivity index (χ4n) is 3.22. The molecule has 1 heterocycles. The number of rotatable bonds is 7. The van der Waals surface area contributed by atoms with Crippen LogP contribution in [0.4, 0.5) is 0 Å². The first-order valence-electron chi connectivity index (χ1n) is 8.95. The molecule has 146 valence electrons. The second-order valence-corrected chi connectivity index (χ2v) is 6.36. The SMILES string of the molecule is COc1cc(-c2nnc(COC(=O)C3CCCCC3)o2)cc(OC)c1OC. The maximum atomic E-state index is 12.1. The minimum atomic E-state index is -0.192. The summed E-state index contributed by atoms with van der Waals surface area (Å²) in [6.07, 6.45) is 5.11. The average molecular weight is 376 g/mol. The lowest BCUT2D eigenvalue weighted by molar-refractivity contribution is -0.151. The fraction of sp³-hybridized carbons (Fsp3) is 0.526. The zero-order chi connectivity index (χ0) is 19.2. The monoisotopic (exact) mass is 376 g/mol. The Morgan fingerprint density at radius 3 is 2.30 bits per heavy atom. The first-order valence-corrected chi connectivity index (χ1v) is 8.95. The smallest absolute Gasteiger partial charge is 0.309 e. The van der Waals surface area contributed by atoms with Crippen LogP contribution in [0.1, 0.15) is 38.0 Å². The number of hydrogen-bond donors (Lipinski definition) is 0. The van der Waals surface area contributed by atoms with E-state index >= 15 is 0 Å². The van der Waals surface area contributed by atoms with Crippen LogP contribution >= 0.6 is 0 Å². The number of nitrogens with zero attached hydrogens (tertiary/aromatic N) is 2. The summed E-state index contributed by atoms with van der Waals surface area (Å²) in [5.74, 6) is 1.75. The average Bonchev–Trinajstić information content (AvgIpc) is 3.20. The predicted molar refractivity (Wildman–Crippen MR) is 95.8 cm³/mol. The Bertz CT molecular complexity index is 757. The summed E-state index contributed by atoms with van der Waals surface area (Å²) >= 11 is 0. The fourth-order valence-corrected chi connectivity index (χ4v) is 3.22. The van der Waals surface area contributed by atoms with Crippen molar-refractivity contribution < 1.29 is 28.2 Å². The molecule has 0 N–H and O–H groups in total. The molecule has 3 rings (SSSR count). The summed E-state index contributed by atoms with van der Waals surface area (Å²) in [5, 5.41) is 7.98. The van der Waals surface area contributed by atoms with Gasteiger partial charge in [-0.1, -0.05) is 19.3 Å². The molecular formula is C19H24N2O6. The molecule has 1 fully saturated rings. The van der Waals surface area contributed by atoms with E-state index in [0.717, 1.165) is 25.7 Å². The van der Waals surface area contributed by atoms with Crippen LogP contribution in [0.2, 0.25) is 0 Å². The van der Waals surface area contributed by atoms with E-state index in [1.54, 1.807) is 12.1 Å². The largest absolute Gasteiger partial charge is 0.493 e. The van der Waals surface area contributed by atoms with Crippen molar-refractivity contribution in [3.63, 3.8) is 0 Å². The number of ether oxygens (including phenoxy) is 4. The molecule has 8 nitrogen and oxygen atoms in total. The second kappa shape index (κ2) is 8.75. The van der Waals surface area contributed by atoms with Gasteiger partial charge in [-0.2, -0.15) is 0 Å². The van der Waals surface area contributed by atoms with Crippen molar-refractivity contribution >= 4 is 5.97 Å². The standard InChI is InChI=1S/C19H24N2O6/c1-23-14-9-13(10-15(24-2)17(14)25-3)18-21-20-16(27-18)11-26-19(22)12-7-5-4-6-8-12/h9-10,12H,4-8,11H2,1-3H3. The number of hydrogen-bond acceptors (Lipinski definition) is 8. The highest BCUT2D eigenvalue weighted by Crippen LogP contribution is 2.40. The van der Waals surface area contributed by atoms with Gasteiger partial charge in [0, 0.05) is 5.56 Å². The molecule has 0 unspecified atom stereocenters. The number of aromatic nitrogens is 2. The molecular weight excluding hydrogens is 352 g/mol. The van der Waals surface area contributed by atoms with Gasteiger partial charge in [0.05, 0.1) is 27.2 Å². The van der Waals surface area contributed by atoms with Crippen molar-refractivity contribution in [2.24, 2.45) is 5.92 Å². The van der Waals surface area contributed by atoms with E-state index in [4.69, 9.17) is 23.4 Å². The Labute approximate surface area is 157 Å². The highest BCUT2D eigenvalue weighted by Gasteiger charge is 2.23. The first-order chi connectivity index (χ1) is 13.2. The third-order valence-electron chi connectivity index (χ3n) is 4.65. The van der Waals surface area contributed by atoms with E-state index in [-0.39, 0.29) is 30.3 Å². The number of carbonyl (C=O) groups is 1. The third-order valence-corrected chi connectivity index (χ3v) is 4.65. The zero-order valence-electron chi connectivity index (χ0n) is 15.8. The zero-order valence-corrected chi connectivity index (χ0v) is 15.8. The lowest BCUT2D eigenvalue weighted by Crippen LogP contribution is -2.20. The predicted octanol–water partition coefficient (Wildman–Crippen LogP) is 3.39. The topological polar surface area (TPSA) is 92.9 Å². The lowest BCUT2D eigenvalue weighted by atomic mass is 9.89. The highest BCUT2D eigenvalue weighted by atomic mass is 16.5. The molecule has 8 heteroatoms.